The first-order valence-electron chi connectivity index (χ1n) is 4.33. The van der Waals surface area contributed by atoms with E-state index in [0.29, 0.717) is 12.1 Å². The Labute approximate surface area is 83.6 Å². The van der Waals surface area contributed by atoms with Gasteiger partial charge in [0.1, 0.15) is 0 Å². The largest absolute Gasteiger partial charge is 0.299 e. The highest BCUT2D eigenvalue weighted by molar-refractivity contribution is 5.98. The smallest absolute Gasteiger partial charge is 0.178 e. The summed E-state index contributed by atoms with van der Waals surface area (Å²) in [6, 6.07) is 1.81. The summed E-state index contributed by atoms with van der Waals surface area (Å²) in [5.41, 5.74) is 1.59. The minimum absolute atomic E-state index is 0.0193. The highest BCUT2D eigenvalue weighted by Gasteiger charge is 2.07. The van der Waals surface area contributed by atoms with E-state index in [1.807, 2.05) is 13.0 Å². The summed E-state index contributed by atoms with van der Waals surface area (Å²) in [5.74, 6) is 2.43. The quantitative estimate of drug-likeness (QED) is 0.431. The number of nitrogens with one attached hydrogen (secondary N) is 1. The van der Waals surface area contributed by atoms with E-state index in [4.69, 9.17) is 6.42 Å². The summed E-state index contributed by atoms with van der Waals surface area (Å²) in [5, 5.41) is 2.85. The zero-order valence-corrected chi connectivity index (χ0v) is 8.08. The van der Waals surface area contributed by atoms with Crippen LogP contribution in [0.4, 0.5) is 0 Å². The minimum Gasteiger partial charge on any atom is -0.299 e. The summed E-state index contributed by atoms with van der Waals surface area (Å²) in [4.78, 5) is 15.5. The van der Waals surface area contributed by atoms with Gasteiger partial charge in [-0.25, -0.2) is 0 Å². The summed E-state index contributed by atoms with van der Waals surface area (Å²) in [6.07, 6.45) is 8.29. The molecule has 14 heavy (non-hydrogen) atoms. The number of ketones is 1. The molecule has 1 rings (SSSR count). The lowest BCUT2D eigenvalue weighted by molar-refractivity contribution is 0.0991. The zero-order chi connectivity index (χ0) is 10.4. The molecule has 0 aliphatic heterocycles. The molecule has 0 fully saturated rings. The van der Waals surface area contributed by atoms with Crippen LogP contribution in [0, 0.1) is 19.3 Å². The van der Waals surface area contributed by atoms with Gasteiger partial charge in [0, 0.05) is 18.0 Å². The van der Waals surface area contributed by atoms with Gasteiger partial charge in [-0.05, 0) is 18.6 Å². The second kappa shape index (κ2) is 5.15. The van der Waals surface area contributed by atoms with Gasteiger partial charge in [-0.2, -0.15) is 0 Å². The lowest BCUT2D eigenvalue weighted by Crippen LogP contribution is -2.23. The third-order valence-corrected chi connectivity index (χ3v) is 1.85. The lowest BCUT2D eigenvalue weighted by Gasteiger charge is -2.03. The van der Waals surface area contributed by atoms with Gasteiger partial charge >= 0.3 is 0 Å². The predicted octanol–water partition coefficient (Wildman–Crippen LogP) is 0.796. The number of terminal acetylenes is 1. The number of rotatable bonds is 4. The summed E-state index contributed by atoms with van der Waals surface area (Å²) in [7, 11) is 0. The SMILES string of the molecule is C#CCNCC(=O)c1cnccc1C. The molecule has 0 aromatic carbocycles. The number of carbonyl (C=O) groups excluding carboxylic acids is 1. The van der Waals surface area contributed by atoms with Crippen LogP contribution in [0.15, 0.2) is 18.5 Å². The van der Waals surface area contributed by atoms with Crippen LogP contribution in [0.25, 0.3) is 0 Å². The Balaban J connectivity index is 2.62. The Morgan fingerprint density at radius 3 is 3.14 bits per heavy atom. The topological polar surface area (TPSA) is 42.0 Å². The van der Waals surface area contributed by atoms with Crippen LogP contribution < -0.4 is 5.32 Å². The average Bonchev–Trinajstić information content (AvgIpc) is 2.18. The number of pyridine rings is 1. The van der Waals surface area contributed by atoms with Crippen molar-refractivity contribution in [1.29, 1.82) is 0 Å². The van der Waals surface area contributed by atoms with Crippen molar-refractivity contribution in [2.24, 2.45) is 0 Å². The number of carbonyl (C=O) groups is 1. The zero-order valence-electron chi connectivity index (χ0n) is 8.08. The standard InChI is InChI=1S/C11H12N2O/c1-3-5-12-8-11(14)10-7-13-6-4-9(10)2/h1,4,6-7,12H,5,8H2,2H3. The van der Waals surface area contributed by atoms with Gasteiger partial charge in [-0.1, -0.05) is 5.92 Å². The van der Waals surface area contributed by atoms with E-state index in [1.54, 1.807) is 12.4 Å². The maximum absolute atomic E-state index is 11.6. The van der Waals surface area contributed by atoms with Crippen molar-refractivity contribution in [3.8, 4) is 12.3 Å². The lowest BCUT2D eigenvalue weighted by atomic mass is 10.1. The van der Waals surface area contributed by atoms with Crippen molar-refractivity contribution in [2.75, 3.05) is 13.1 Å². The number of hydrogen-bond acceptors (Lipinski definition) is 3. The molecule has 3 nitrogen and oxygen atoms in total. The van der Waals surface area contributed by atoms with Gasteiger partial charge in [-0.3, -0.25) is 15.1 Å². The minimum atomic E-state index is 0.0193. The maximum atomic E-state index is 11.6. The number of Topliss-reactive ketones (excluding diaryl/α,β-unsaturated/α-hetero) is 1. The Bertz CT molecular complexity index is 366. The molecule has 0 saturated heterocycles. The predicted molar refractivity (Wildman–Crippen MR) is 55.0 cm³/mol. The fraction of sp³-hybridized carbons (Fsp3) is 0.273. The molecule has 0 bridgehead atoms. The highest BCUT2D eigenvalue weighted by atomic mass is 16.1. The number of aromatic nitrogens is 1. The van der Waals surface area contributed by atoms with Crippen LogP contribution in [0.3, 0.4) is 0 Å². The Kier molecular flexibility index (Phi) is 3.84. The van der Waals surface area contributed by atoms with Gasteiger partial charge in [0.2, 0.25) is 0 Å². The molecule has 1 heterocycles. The van der Waals surface area contributed by atoms with Gasteiger partial charge in [0.05, 0.1) is 13.1 Å². The Morgan fingerprint density at radius 2 is 2.50 bits per heavy atom. The molecular weight excluding hydrogens is 176 g/mol. The van der Waals surface area contributed by atoms with Crippen LogP contribution >= 0.6 is 0 Å². The van der Waals surface area contributed by atoms with E-state index < -0.39 is 0 Å². The molecule has 72 valence electrons. The first-order chi connectivity index (χ1) is 6.75. The molecule has 0 amide bonds. The molecular formula is C11H12N2O. The van der Waals surface area contributed by atoms with Gasteiger partial charge in [-0.15, -0.1) is 6.42 Å². The Morgan fingerprint density at radius 1 is 1.71 bits per heavy atom. The molecule has 0 aliphatic carbocycles. The van der Waals surface area contributed by atoms with Crippen LogP contribution in [0.1, 0.15) is 15.9 Å². The molecule has 0 unspecified atom stereocenters. The van der Waals surface area contributed by atoms with Crippen molar-refractivity contribution >= 4 is 5.78 Å². The molecule has 0 spiro atoms. The van der Waals surface area contributed by atoms with Crippen molar-refractivity contribution in [2.45, 2.75) is 6.92 Å². The Hall–Kier alpha value is -1.66. The number of hydrogen-bond donors (Lipinski definition) is 1. The number of aryl methyl sites for hydroxylation is 1. The van der Waals surface area contributed by atoms with E-state index >= 15 is 0 Å². The maximum Gasteiger partial charge on any atom is 0.178 e. The van der Waals surface area contributed by atoms with E-state index in [2.05, 4.69) is 16.2 Å². The van der Waals surface area contributed by atoms with Crippen molar-refractivity contribution < 1.29 is 4.79 Å². The normalized spacial score (nSPS) is 9.43. The second-order valence-electron chi connectivity index (χ2n) is 2.92. The fourth-order valence-electron chi connectivity index (χ4n) is 1.10. The average molecular weight is 188 g/mol. The molecule has 0 aliphatic rings. The van der Waals surface area contributed by atoms with Gasteiger partial charge in [0.15, 0.2) is 5.78 Å². The van der Waals surface area contributed by atoms with E-state index in [1.165, 1.54) is 0 Å². The molecule has 1 N–H and O–H groups in total. The van der Waals surface area contributed by atoms with Crippen molar-refractivity contribution in [1.82, 2.24) is 10.3 Å². The van der Waals surface area contributed by atoms with Crippen molar-refractivity contribution in [3.63, 3.8) is 0 Å². The molecule has 0 saturated carbocycles. The van der Waals surface area contributed by atoms with Gasteiger partial charge in [0.25, 0.3) is 0 Å². The van der Waals surface area contributed by atoms with E-state index in [9.17, 15) is 4.79 Å². The molecule has 0 radical (unpaired) electrons. The first kappa shape index (κ1) is 10.4. The van der Waals surface area contributed by atoms with Crippen LogP contribution in [-0.4, -0.2) is 23.9 Å². The highest BCUT2D eigenvalue weighted by Crippen LogP contribution is 2.04. The summed E-state index contributed by atoms with van der Waals surface area (Å²) in [6.45, 7) is 2.55. The summed E-state index contributed by atoms with van der Waals surface area (Å²) >= 11 is 0. The number of nitrogens with zero attached hydrogens (tertiary/aromatic N) is 1. The third-order valence-electron chi connectivity index (χ3n) is 1.85. The van der Waals surface area contributed by atoms with E-state index in [-0.39, 0.29) is 12.3 Å². The van der Waals surface area contributed by atoms with Crippen LogP contribution in [0.5, 0.6) is 0 Å². The molecule has 3 heteroatoms. The van der Waals surface area contributed by atoms with Crippen LogP contribution in [-0.2, 0) is 0 Å². The fourth-order valence-corrected chi connectivity index (χ4v) is 1.10. The molecule has 1 aromatic heterocycles. The second-order valence-corrected chi connectivity index (χ2v) is 2.92. The first-order valence-corrected chi connectivity index (χ1v) is 4.33. The van der Waals surface area contributed by atoms with Crippen LogP contribution in [0.2, 0.25) is 0 Å². The van der Waals surface area contributed by atoms with E-state index in [0.717, 1.165) is 5.56 Å². The molecule has 1 aromatic rings. The van der Waals surface area contributed by atoms with Gasteiger partial charge < -0.3 is 0 Å². The molecule has 0 atom stereocenters. The monoisotopic (exact) mass is 188 g/mol. The summed E-state index contributed by atoms with van der Waals surface area (Å²) < 4.78 is 0. The van der Waals surface area contributed by atoms with Crippen molar-refractivity contribution in [3.05, 3.63) is 29.6 Å². The third kappa shape index (κ3) is 2.68.